The van der Waals surface area contributed by atoms with Crippen molar-refractivity contribution in [1.82, 2.24) is 0 Å². The molecule has 5 heteroatoms. The second-order valence-corrected chi connectivity index (χ2v) is 4.74. The fourth-order valence-corrected chi connectivity index (χ4v) is 2.13. The topological polar surface area (TPSA) is 83.6 Å². The molecule has 2 aromatic rings. The summed E-state index contributed by atoms with van der Waals surface area (Å²) in [7, 11) is 1.85. The Labute approximate surface area is 122 Å². The van der Waals surface area contributed by atoms with E-state index in [1.807, 2.05) is 24.1 Å². The first-order valence-corrected chi connectivity index (χ1v) is 6.41. The highest BCUT2D eigenvalue weighted by atomic mass is 16.4. The largest absolute Gasteiger partial charge is 0.478 e. The van der Waals surface area contributed by atoms with E-state index in [1.54, 1.807) is 36.4 Å². The number of para-hydroxylation sites is 1. The summed E-state index contributed by atoms with van der Waals surface area (Å²) in [6.45, 7) is 0.546. The van der Waals surface area contributed by atoms with Gasteiger partial charge in [0.15, 0.2) is 0 Å². The minimum absolute atomic E-state index is 0.249. The summed E-state index contributed by atoms with van der Waals surface area (Å²) in [5.41, 5.74) is 7.77. The Morgan fingerprint density at radius 3 is 2.29 bits per heavy atom. The van der Waals surface area contributed by atoms with Gasteiger partial charge in [0.2, 0.25) is 0 Å². The van der Waals surface area contributed by atoms with Gasteiger partial charge in [0.05, 0.1) is 11.1 Å². The van der Waals surface area contributed by atoms with Crippen LogP contribution in [0.4, 0.5) is 5.69 Å². The Morgan fingerprint density at radius 1 is 1.10 bits per heavy atom. The monoisotopic (exact) mass is 284 g/mol. The number of carbonyl (C=O) groups is 2. The molecule has 0 spiro atoms. The van der Waals surface area contributed by atoms with Gasteiger partial charge in [-0.1, -0.05) is 24.3 Å². The molecule has 0 aliphatic heterocycles. The lowest BCUT2D eigenvalue weighted by atomic mass is 10.1. The minimum atomic E-state index is -0.950. The van der Waals surface area contributed by atoms with Crippen molar-refractivity contribution in [2.75, 3.05) is 11.9 Å². The summed E-state index contributed by atoms with van der Waals surface area (Å²) in [5.74, 6) is -1.42. The predicted octanol–water partition coefficient (Wildman–Crippen LogP) is 2.12. The summed E-state index contributed by atoms with van der Waals surface area (Å²) in [6.07, 6.45) is 0. The predicted molar refractivity (Wildman–Crippen MR) is 80.5 cm³/mol. The van der Waals surface area contributed by atoms with Crippen molar-refractivity contribution in [3.05, 3.63) is 65.2 Å². The summed E-state index contributed by atoms with van der Waals surface area (Å²) in [4.78, 5) is 24.1. The highest BCUT2D eigenvalue weighted by molar-refractivity contribution is 5.98. The van der Waals surface area contributed by atoms with E-state index < -0.39 is 11.9 Å². The lowest BCUT2D eigenvalue weighted by Crippen LogP contribution is -2.21. The van der Waals surface area contributed by atoms with Crippen molar-refractivity contribution >= 4 is 17.6 Å². The molecular formula is C16H16N2O3. The summed E-state index contributed by atoms with van der Waals surface area (Å²) in [5, 5.41) is 8.87. The molecule has 2 aromatic carbocycles. The summed E-state index contributed by atoms with van der Waals surface area (Å²) < 4.78 is 0. The van der Waals surface area contributed by atoms with Gasteiger partial charge < -0.3 is 15.7 Å². The molecule has 1 amide bonds. The number of carboxylic acid groups (broad SMARTS) is 1. The molecule has 0 fully saturated rings. The van der Waals surface area contributed by atoms with E-state index >= 15 is 0 Å². The Bertz CT molecular complexity index is 665. The third-order valence-electron chi connectivity index (χ3n) is 3.20. The number of hydrogen-bond donors (Lipinski definition) is 2. The van der Waals surface area contributed by atoms with Crippen molar-refractivity contribution in [2.45, 2.75) is 6.54 Å². The fourth-order valence-electron chi connectivity index (χ4n) is 2.13. The van der Waals surface area contributed by atoms with Gasteiger partial charge in [-0.15, -0.1) is 0 Å². The van der Waals surface area contributed by atoms with Gasteiger partial charge >= 0.3 is 5.97 Å². The van der Waals surface area contributed by atoms with Gasteiger partial charge in [0, 0.05) is 19.3 Å². The smallest absolute Gasteiger partial charge is 0.335 e. The number of benzene rings is 2. The lowest BCUT2D eigenvalue weighted by Gasteiger charge is -2.21. The van der Waals surface area contributed by atoms with Crippen LogP contribution in [-0.2, 0) is 6.54 Å². The van der Waals surface area contributed by atoms with Crippen LogP contribution in [0.2, 0.25) is 0 Å². The van der Waals surface area contributed by atoms with Crippen LogP contribution in [0.3, 0.4) is 0 Å². The molecular weight excluding hydrogens is 268 g/mol. The molecule has 0 bridgehead atoms. The normalized spacial score (nSPS) is 10.1. The molecule has 0 saturated heterocycles. The number of nitrogens with two attached hydrogens (primary N) is 1. The van der Waals surface area contributed by atoms with Gasteiger partial charge in [-0.05, 0) is 29.8 Å². The average molecular weight is 284 g/mol. The average Bonchev–Trinajstić information content (AvgIpc) is 2.47. The van der Waals surface area contributed by atoms with Gasteiger partial charge in [-0.25, -0.2) is 4.79 Å². The third kappa shape index (κ3) is 3.39. The van der Waals surface area contributed by atoms with Crippen LogP contribution in [-0.4, -0.2) is 24.0 Å². The zero-order chi connectivity index (χ0) is 15.4. The first-order valence-electron chi connectivity index (χ1n) is 6.41. The Hall–Kier alpha value is -2.82. The molecule has 0 saturated carbocycles. The number of amides is 1. The molecule has 3 N–H and O–H groups in total. The minimum Gasteiger partial charge on any atom is -0.478 e. The molecule has 0 radical (unpaired) electrons. The number of nitrogens with zero attached hydrogens (tertiary/aromatic N) is 1. The van der Waals surface area contributed by atoms with E-state index in [0.29, 0.717) is 12.1 Å². The first kappa shape index (κ1) is 14.6. The standard InChI is InChI=1S/C16H16N2O3/c1-18(14-5-3-2-4-13(14)15(17)19)10-11-6-8-12(9-7-11)16(20)21/h2-9H,10H2,1H3,(H2,17,19)(H,20,21). The molecule has 0 atom stereocenters. The summed E-state index contributed by atoms with van der Waals surface area (Å²) in [6, 6.07) is 13.7. The molecule has 0 heterocycles. The van der Waals surface area contributed by atoms with E-state index in [0.717, 1.165) is 11.3 Å². The Balaban J connectivity index is 2.20. The van der Waals surface area contributed by atoms with E-state index in [1.165, 1.54) is 0 Å². The Kier molecular flexibility index (Phi) is 4.23. The fraction of sp³-hybridized carbons (Fsp3) is 0.125. The van der Waals surface area contributed by atoms with Crippen LogP contribution < -0.4 is 10.6 Å². The zero-order valence-corrected chi connectivity index (χ0v) is 11.6. The number of anilines is 1. The maximum atomic E-state index is 11.4. The number of rotatable bonds is 5. The number of primary amides is 1. The van der Waals surface area contributed by atoms with Gasteiger partial charge in [0.1, 0.15) is 0 Å². The highest BCUT2D eigenvalue weighted by Crippen LogP contribution is 2.20. The van der Waals surface area contributed by atoms with Crippen LogP contribution in [0.1, 0.15) is 26.3 Å². The lowest BCUT2D eigenvalue weighted by molar-refractivity contribution is 0.0696. The quantitative estimate of drug-likeness (QED) is 0.881. The molecule has 108 valence electrons. The zero-order valence-electron chi connectivity index (χ0n) is 11.6. The molecule has 0 aliphatic rings. The number of carbonyl (C=O) groups excluding carboxylic acids is 1. The molecule has 2 rings (SSSR count). The van der Waals surface area contributed by atoms with E-state index in [4.69, 9.17) is 10.8 Å². The van der Waals surface area contributed by atoms with Crippen LogP contribution in [0.5, 0.6) is 0 Å². The molecule has 0 unspecified atom stereocenters. The van der Waals surface area contributed by atoms with Crippen molar-refractivity contribution in [3.63, 3.8) is 0 Å². The maximum absolute atomic E-state index is 11.4. The third-order valence-corrected chi connectivity index (χ3v) is 3.20. The van der Waals surface area contributed by atoms with Crippen molar-refractivity contribution < 1.29 is 14.7 Å². The molecule has 5 nitrogen and oxygen atoms in total. The van der Waals surface area contributed by atoms with Crippen molar-refractivity contribution in [3.8, 4) is 0 Å². The highest BCUT2D eigenvalue weighted by Gasteiger charge is 2.11. The number of aromatic carboxylic acids is 1. The van der Waals surface area contributed by atoms with Gasteiger partial charge in [-0.2, -0.15) is 0 Å². The molecule has 0 aliphatic carbocycles. The van der Waals surface area contributed by atoms with E-state index in [9.17, 15) is 9.59 Å². The summed E-state index contributed by atoms with van der Waals surface area (Å²) >= 11 is 0. The van der Waals surface area contributed by atoms with Crippen LogP contribution in [0.25, 0.3) is 0 Å². The van der Waals surface area contributed by atoms with E-state index in [-0.39, 0.29) is 5.56 Å². The first-order chi connectivity index (χ1) is 9.99. The second-order valence-electron chi connectivity index (χ2n) is 4.74. The van der Waals surface area contributed by atoms with Crippen LogP contribution in [0.15, 0.2) is 48.5 Å². The van der Waals surface area contributed by atoms with Crippen LogP contribution in [0, 0.1) is 0 Å². The number of carboxylic acids is 1. The van der Waals surface area contributed by atoms with E-state index in [2.05, 4.69) is 0 Å². The van der Waals surface area contributed by atoms with Gasteiger partial charge in [0.25, 0.3) is 5.91 Å². The molecule has 0 aromatic heterocycles. The second kappa shape index (κ2) is 6.09. The molecule has 21 heavy (non-hydrogen) atoms. The van der Waals surface area contributed by atoms with Gasteiger partial charge in [-0.3, -0.25) is 4.79 Å². The maximum Gasteiger partial charge on any atom is 0.335 e. The SMILES string of the molecule is CN(Cc1ccc(C(=O)O)cc1)c1ccccc1C(N)=O. The Morgan fingerprint density at radius 2 is 1.71 bits per heavy atom. The van der Waals surface area contributed by atoms with Crippen molar-refractivity contribution in [1.29, 1.82) is 0 Å². The van der Waals surface area contributed by atoms with Crippen molar-refractivity contribution in [2.24, 2.45) is 5.73 Å². The number of hydrogen-bond acceptors (Lipinski definition) is 3. The van der Waals surface area contributed by atoms with Crippen LogP contribution >= 0.6 is 0 Å².